The Balaban J connectivity index is 1.72. The number of methoxy groups -OCH3 is 1. The highest BCUT2D eigenvalue weighted by molar-refractivity contribution is 5.77. The summed E-state index contributed by atoms with van der Waals surface area (Å²) in [6.07, 6.45) is 0.455. The Morgan fingerprint density at radius 1 is 1.23 bits per heavy atom. The molecule has 26 heavy (non-hydrogen) atoms. The number of benzene rings is 1. The molecule has 1 aliphatic heterocycles. The summed E-state index contributed by atoms with van der Waals surface area (Å²) in [6, 6.07) is 8.93. The number of likely N-dealkylation sites (tertiary alicyclic amines) is 1. The van der Waals surface area contributed by atoms with Crippen molar-refractivity contribution < 1.29 is 24.5 Å². The zero-order chi connectivity index (χ0) is 18.5. The molecule has 0 unspecified atom stereocenters. The molecule has 144 valence electrons. The Kier molecular flexibility index (Phi) is 6.48. The van der Waals surface area contributed by atoms with Gasteiger partial charge in [-0.05, 0) is 25.0 Å². The normalized spacial score (nSPS) is 30.3. The molecule has 1 heterocycles. The molecule has 7 nitrogen and oxygen atoms in total. The first-order valence-corrected chi connectivity index (χ1v) is 9.18. The van der Waals surface area contributed by atoms with E-state index in [-0.39, 0.29) is 30.7 Å². The number of carbonyl (C=O) groups is 1. The van der Waals surface area contributed by atoms with Crippen LogP contribution in [0.4, 0.5) is 0 Å². The fourth-order valence-corrected chi connectivity index (χ4v) is 3.96. The molecule has 2 aliphatic rings. The molecule has 0 bridgehead atoms. The number of aliphatic hydroxyl groups is 2. The van der Waals surface area contributed by atoms with Crippen molar-refractivity contribution in [1.82, 2.24) is 10.2 Å². The van der Waals surface area contributed by atoms with Gasteiger partial charge in [0.2, 0.25) is 5.91 Å². The molecule has 0 radical (unpaired) electrons. The van der Waals surface area contributed by atoms with Crippen LogP contribution in [0.5, 0.6) is 5.75 Å². The van der Waals surface area contributed by atoms with Crippen molar-refractivity contribution in [3.63, 3.8) is 0 Å². The van der Waals surface area contributed by atoms with Gasteiger partial charge in [0, 0.05) is 26.6 Å². The van der Waals surface area contributed by atoms with E-state index in [0.29, 0.717) is 38.1 Å². The average molecular weight is 364 g/mol. The van der Waals surface area contributed by atoms with Crippen LogP contribution in [0.3, 0.4) is 0 Å². The summed E-state index contributed by atoms with van der Waals surface area (Å²) in [6.45, 7) is 1.37. The SMILES string of the molecule is COCC(=O)N[C@@H]1C[C@@H](Oc2ccccc2)[C@H](O)[C@H]1N1CCC(O)CC1. The van der Waals surface area contributed by atoms with Gasteiger partial charge < -0.3 is 25.0 Å². The van der Waals surface area contributed by atoms with E-state index >= 15 is 0 Å². The number of aliphatic hydroxyl groups excluding tert-OH is 2. The predicted molar refractivity (Wildman–Crippen MR) is 95.9 cm³/mol. The Morgan fingerprint density at radius 3 is 2.58 bits per heavy atom. The van der Waals surface area contributed by atoms with Crippen LogP contribution < -0.4 is 10.1 Å². The third-order valence-corrected chi connectivity index (χ3v) is 5.20. The molecule has 3 N–H and O–H groups in total. The number of hydrogen-bond donors (Lipinski definition) is 3. The van der Waals surface area contributed by atoms with Crippen LogP contribution in [0.25, 0.3) is 0 Å². The van der Waals surface area contributed by atoms with Gasteiger partial charge in [0.25, 0.3) is 0 Å². The van der Waals surface area contributed by atoms with E-state index < -0.39 is 12.2 Å². The Labute approximate surface area is 153 Å². The molecule has 1 aliphatic carbocycles. The van der Waals surface area contributed by atoms with Crippen LogP contribution >= 0.6 is 0 Å². The van der Waals surface area contributed by atoms with E-state index in [2.05, 4.69) is 10.2 Å². The van der Waals surface area contributed by atoms with E-state index in [4.69, 9.17) is 9.47 Å². The fraction of sp³-hybridized carbons (Fsp3) is 0.632. The van der Waals surface area contributed by atoms with Crippen molar-refractivity contribution in [3.8, 4) is 5.75 Å². The summed E-state index contributed by atoms with van der Waals surface area (Å²) in [4.78, 5) is 14.2. The van der Waals surface area contributed by atoms with E-state index in [0.717, 1.165) is 0 Å². The molecule has 1 aromatic rings. The second kappa shape index (κ2) is 8.81. The van der Waals surface area contributed by atoms with Crippen LogP contribution in [0, 0.1) is 0 Å². The first-order chi connectivity index (χ1) is 12.6. The van der Waals surface area contributed by atoms with Gasteiger partial charge in [-0.2, -0.15) is 0 Å². The molecular weight excluding hydrogens is 336 g/mol. The molecule has 7 heteroatoms. The number of ether oxygens (including phenoxy) is 2. The third kappa shape index (κ3) is 4.54. The molecule has 0 aromatic heterocycles. The first-order valence-electron chi connectivity index (χ1n) is 9.18. The molecule has 1 amide bonds. The zero-order valence-electron chi connectivity index (χ0n) is 15.1. The van der Waals surface area contributed by atoms with Gasteiger partial charge in [-0.15, -0.1) is 0 Å². The van der Waals surface area contributed by atoms with Crippen molar-refractivity contribution in [2.24, 2.45) is 0 Å². The Hall–Kier alpha value is -1.67. The largest absolute Gasteiger partial charge is 0.488 e. The lowest BCUT2D eigenvalue weighted by Gasteiger charge is -2.38. The van der Waals surface area contributed by atoms with Gasteiger partial charge in [0.1, 0.15) is 24.6 Å². The van der Waals surface area contributed by atoms with Crippen molar-refractivity contribution in [3.05, 3.63) is 30.3 Å². The van der Waals surface area contributed by atoms with Crippen molar-refractivity contribution in [1.29, 1.82) is 0 Å². The molecule has 1 aromatic carbocycles. The Bertz CT molecular complexity index is 577. The molecular formula is C19H28N2O5. The number of hydrogen-bond acceptors (Lipinski definition) is 6. The molecule has 1 saturated carbocycles. The number of amides is 1. The fourth-order valence-electron chi connectivity index (χ4n) is 3.96. The van der Waals surface area contributed by atoms with Gasteiger partial charge >= 0.3 is 0 Å². The first kappa shape index (κ1) is 19.1. The maximum Gasteiger partial charge on any atom is 0.246 e. The van der Waals surface area contributed by atoms with E-state index in [1.165, 1.54) is 7.11 Å². The number of piperidine rings is 1. The number of carbonyl (C=O) groups excluding carboxylic acids is 1. The minimum atomic E-state index is -0.724. The summed E-state index contributed by atoms with van der Waals surface area (Å²) in [5.41, 5.74) is 0. The minimum absolute atomic E-state index is 0.0117. The highest BCUT2D eigenvalue weighted by Crippen LogP contribution is 2.31. The number of para-hydroxylation sites is 1. The maximum absolute atomic E-state index is 12.0. The smallest absolute Gasteiger partial charge is 0.246 e. The van der Waals surface area contributed by atoms with Crippen LogP contribution in [-0.4, -0.2) is 78.2 Å². The average Bonchev–Trinajstić information content (AvgIpc) is 2.92. The summed E-state index contributed by atoms with van der Waals surface area (Å²) in [5, 5.41) is 23.7. The molecule has 4 atom stereocenters. The van der Waals surface area contributed by atoms with Crippen LogP contribution in [0.15, 0.2) is 30.3 Å². The third-order valence-electron chi connectivity index (χ3n) is 5.20. The van der Waals surface area contributed by atoms with Gasteiger partial charge in [-0.25, -0.2) is 0 Å². The second-order valence-corrected chi connectivity index (χ2v) is 7.06. The van der Waals surface area contributed by atoms with Gasteiger partial charge in [0.05, 0.1) is 18.2 Å². The van der Waals surface area contributed by atoms with Crippen molar-refractivity contribution >= 4 is 5.91 Å². The van der Waals surface area contributed by atoms with E-state index in [9.17, 15) is 15.0 Å². The lowest BCUT2D eigenvalue weighted by molar-refractivity contribution is -0.126. The summed E-state index contributed by atoms with van der Waals surface area (Å²) >= 11 is 0. The zero-order valence-corrected chi connectivity index (χ0v) is 15.1. The molecule has 0 spiro atoms. The predicted octanol–water partition coefficient (Wildman–Crippen LogP) is 0.155. The number of nitrogens with one attached hydrogen (secondary N) is 1. The Morgan fingerprint density at radius 2 is 1.92 bits per heavy atom. The monoisotopic (exact) mass is 364 g/mol. The second-order valence-electron chi connectivity index (χ2n) is 7.06. The molecule has 3 rings (SSSR count). The highest BCUT2D eigenvalue weighted by atomic mass is 16.5. The lowest BCUT2D eigenvalue weighted by Crippen LogP contribution is -2.56. The van der Waals surface area contributed by atoms with Crippen LogP contribution in [0.2, 0.25) is 0 Å². The van der Waals surface area contributed by atoms with Gasteiger partial charge in [0.15, 0.2) is 0 Å². The summed E-state index contributed by atoms with van der Waals surface area (Å²) in [7, 11) is 1.48. The quantitative estimate of drug-likeness (QED) is 0.666. The maximum atomic E-state index is 12.0. The summed E-state index contributed by atoms with van der Waals surface area (Å²) < 4.78 is 10.9. The minimum Gasteiger partial charge on any atom is -0.488 e. The molecule has 2 fully saturated rings. The highest BCUT2D eigenvalue weighted by Gasteiger charge is 2.47. The standard InChI is InChI=1S/C19H28N2O5/c1-25-12-17(23)20-15-11-16(26-14-5-3-2-4-6-14)19(24)18(15)21-9-7-13(22)8-10-21/h2-6,13,15-16,18-19,22,24H,7-12H2,1H3,(H,20,23)/t15-,16-,18+,19+/m1/s1. The lowest BCUT2D eigenvalue weighted by atomic mass is 10.0. The number of nitrogens with zero attached hydrogens (tertiary/aromatic N) is 1. The van der Waals surface area contributed by atoms with Gasteiger partial charge in [-0.3, -0.25) is 9.69 Å². The van der Waals surface area contributed by atoms with Gasteiger partial charge in [-0.1, -0.05) is 18.2 Å². The topological polar surface area (TPSA) is 91.3 Å². The van der Waals surface area contributed by atoms with Crippen molar-refractivity contribution in [2.45, 2.75) is 49.7 Å². The van der Waals surface area contributed by atoms with E-state index in [1.807, 2.05) is 30.3 Å². The number of rotatable bonds is 6. The summed E-state index contributed by atoms with van der Waals surface area (Å²) in [5.74, 6) is 0.500. The molecule has 1 saturated heterocycles. The van der Waals surface area contributed by atoms with Crippen molar-refractivity contribution in [2.75, 3.05) is 26.8 Å². The van der Waals surface area contributed by atoms with E-state index in [1.54, 1.807) is 0 Å². The van der Waals surface area contributed by atoms with Crippen LogP contribution in [0.1, 0.15) is 19.3 Å². The van der Waals surface area contributed by atoms with Crippen LogP contribution in [-0.2, 0) is 9.53 Å².